The number of nitrogens with one attached hydrogen (secondary N) is 2. The van der Waals surface area contributed by atoms with E-state index in [2.05, 4.69) is 20.8 Å². The standard InChI is InChI=1S/C9H9ClN4O2/c1-11-9(16)6(4-12-5-15)7-2-3-8(10)14-13-7/h2-5H,1H3,(H,11,16)(H,12,15)/b6-4-. The topological polar surface area (TPSA) is 84.0 Å². The normalized spacial score (nSPS) is 10.8. The van der Waals surface area contributed by atoms with Crippen LogP contribution in [-0.2, 0) is 9.59 Å². The summed E-state index contributed by atoms with van der Waals surface area (Å²) < 4.78 is 0. The van der Waals surface area contributed by atoms with E-state index < -0.39 is 0 Å². The summed E-state index contributed by atoms with van der Waals surface area (Å²) in [4.78, 5) is 21.6. The highest BCUT2D eigenvalue weighted by atomic mass is 35.5. The molecule has 1 aromatic rings. The summed E-state index contributed by atoms with van der Waals surface area (Å²) in [5.41, 5.74) is 0.511. The van der Waals surface area contributed by atoms with E-state index in [0.717, 1.165) is 0 Å². The third-order valence-corrected chi connectivity index (χ3v) is 1.88. The van der Waals surface area contributed by atoms with Crippen molar-refractivity contribution in [1.82, 2.24) is 20.8 Å². The molecule has 0 saturated carbocycles. The summed E-state index contributed by atoms with van der Waals surface area (Å²) in [6.07, 6.45) is 1.69. The van der Waals surface area contributed by atoms with Crippen LogP contribution < -0.4 is 10.6 Å². The largest absolute Gasteiger partial charge is 0.355 e. The number of hydrogen-bond acceptors (Lipinski definition) is 4. The summed E-state index contributed by atoms with van der Waals surface area (Å²) in [5.74, 6) is -0.383. The molecule has 7 heteroatoms. The predicted molar refractivity (Wildman–Crippen MR) is 58.3 cm³/mol. The molecule has 1 aromatic heterocycles. The van der Waals surface area contributed by atoms with Crippen molar-refractivity contribution >= 4 is 29.5 Å². The van der Waals surface area contributed by atoms with Gasteiger partial charge >= 0.3 is 0 Å². The smallest absolute Gasteiger partial charge is 0.254 e. The van der Waals surface area contributed by atoms with Crippen LogP contribution in [0, 0.1) is 0 Å². The lowest BCUT2D eigenvalue weighted by Gasteiger charge is -2.04. The molecule has 0 bridgehead atoms. The highest BCUT2D eigenvalue weighted by Gasteiger charge is 2.12. The van der Waals surface area contributed by atoms with Gasteiger partial charge in [-0.25, -0.2) is 0 Å². The maximum absolute atomic E-state index is 11.5. The van der Waals surface area contributed by atoms with Gasteiger partial charge in [-0.3, -0.25) is 9.59 Å². The van der Waals surface area contributed by atoms with Gasteiger partial charge in [-0.2, -0.15) is 0 Å². The van der Waals surface area contributed by atoms with Crippen LogP contribution in [0.25, 0.3) is 5.57 Å². The Balaban J connectivity index is 3.05. The highest BCUT2D eigenvalue weighted by Crippen LogP contribution is 2.11. The fourth-order valence-corrected chi connectivity index (χ4v) is 1.07. The van der Waals surface area contributed by atoms with Gasteiger partial charge < -0.3 is 10.6 Å². The Morgan fingerprint density at radius 2 is 2.19 bits per heavy atom. The van der Waals surface area contributed by atoms with Gasteiger partial charge in [-0.05, 0) is 12.1 Å². The van der Waals surface area contributed by atoms with Gasteiger partial charge in [0, 0.05) is 13.2 Å². The predicted octanol–water partition coefficient (Wildman–Crippen LogP) is -0.0371. The van der Waals surface area contributed by atoms with Gasteiger partial charge in [-0.1, -0.05) is 11.6 Å². The molecule has 2 N–H and O–H groups in total. The Morgan fingerprint density at radius 1 is 1.44 bits per heavy atom. The summed E-state index contributed by atoms with van der Waals surface area (Å²) in [6.45, 7) is 0. The number of hydrogen-bond donors (Lipinski definition) is 2. The van der Waals surface area contributed by atoms with Gasteiger partial charge in [0.15, 0.2) is 5.15 Å². The SMILES string of the molecule is CNC(=O)/C(=C\NC=O)c1ccc(Cl)nn1. The molecular weight excluding hydrogens is 232 g/mol. The molecule has 1 rings (SSSR count). The number of carbonyl (C=O) groups excluding carboxylic acids is 2. The van der Waals surface area contributed by atoms with Crippen molar-refractivity contribution in [2.75, 3.05) is 7.05 Å². The molecule has 6 nitrogen and oxygen atoms in total. The third kappa shape index (κ3) is 3.03. The van der Waals surface area contributed by atoms with Crippen LogP contribution in [0.5, 0.6) is 0 Å². The van der Waals surface area contributed by atoms with Crippen LogP contribution in [0.4, 0.5) is 0 Å². The molecule has 1 heterocycles. The van der Waals surface area contributed by atoms with E-state index in [0.29, 0.717) is 12.1 Å². The first-order chi connectivity index (χ1) is 7.69. The lowest BCUT2D eigenvalue weighted by atomic mass is 10.2. The van der Waals surface area contributed by atoms with Crippen molar-refractivity contribution in [2.45, 2.75) is 0 Å². The molecule has 0 radical (unpaired) electrons. The minimum Gasteiger partial charge on any atom is -0.355 e. The van der Waals surface area contributed by atoms with E-state index in [1.54, 1.807) is 0 Å². The van der Waals surface area contributed by atoms with Crippen molar-refractivity contribution in [3.8, 4) is 0 Å². The molecule has 84 valence electrons. The average molecular weight is 241 g/mol. The Kier molecular flexibility index (Phi) is 4.41. The van der Waals surface area contributed by atoms with E-state index in [-0.39, 0.29) is 16.6 Å². The lowest BCUT2D eigenvalue weighted by molar-refractivity contribution is -0.115. The van der Waals surface area contributed by atoms with E-state index in [9.17, 15) is 9.59 Å². The van der Waals surface area contributed by atoms with E-state index in [1.165, 1.54) is 25.4 Å². The van der Waals surface area contributed by atoms with Crippen molar-refractivity contribution in [2.24, 2.45) is 0 Å². The molecule has 0 aliphatic heterocycles. The molecular formula is C9H9ClN4O2. The van der Waals surface area contributed by atoms with Crippen LogP contribution in [-0.4, -0.2) is 29.6 Å². The number of likely N-dealkylation sites (N-methyl/N-ethyl adjacent to an activating group) is 1. The maximum atomic E-state index is 11.5. The second kappa shape index (κ2) is 5.82. The number of amides is 2. The number of nitrogens with zero attached hydrogens (tertiary/aromatic N) is 2. The summed E-state index contributed by atoms with van der Waals surface area (Å²) in [5, 5.41) is 12.3. The van der Waals surface area contributed by atoms with Gasteiger partial charge in [0.05, 0.1) is 5.57 Å². The van der Waals surface area contributed by atoms with E-state index in [1.807, 2.05) is 0 Å². The highest BCUT2D eigenvalue weighted by molar-refractivity contribution is 6.29. The molecule has 0 atom stereocenters. The van der Waals surface area contributed by atoms with Crippen molar-refractivity contribution in [3.63, 3.8) is 0 Å². The second-order valence-electron chi connectivity index (χ2n) is 2.66. The molecule has 0 aliphatic rings. The first-order valence-corrected chi connectivity index (χ1v) is 4.68. The fraction of sp³-hybridized carbons (Fsp3) is 0.111. The number of halogens is 1. The fourth-order valence-electron chi connectivity index (χ4n) is 0.967. The molecule has 0 saturated heterocycles. The second-order valence-corrected chi connectivity index (χ2v) is 3.05. The summed E-state index contributed by atoms with van der Waals surface area (Å²) in [6, 6.07) is 3.03. The van der Waals surface area contributed by atoms with Crippen molar-refractivity contribution < 1.29 is 9.59 Å². The van der Waals surface area contributed by atoms with E-state index in [4.69, 9.17) is 11.6 Å². The summed E-state index contributed by atoms with van der Waals surface area (Å²) >= 11 is 5.57. The number of carbonyl (C=O) groups is 2. The van der Waals surface area contributed by atoms with Crippen molar-refractivity contribution in [1.29, 1.82) is 0 Å². The average Bonchev–Trinajstić information content (AvgIpc) is 2.31. The molecule has 0 aliphatic carbocycles. The van der Waals surface area contributed by atoms with Crippen LogP contribution in [0.1, 0.15) is 5.69 Å². The first-order valence-electron chi connectivity index (χ1n) is 4.30. The zero-order valence-corrected chi connectivity index (χ0v) is 9.15. The minimum atomic E-state index is -0.383. The van der Waals surface area contributed by atoms with Crippen LogP contribution in [0.15, 0.2) is 18.3 Å². The first kappa shape index (κ1) is 12.1. The van der Waals surface area contributed by atoms with Gasteiger partial charge in [0.2, 0.25) is 6.41 Å². The maximum Gasteiger partial charge on any atom is 0.254 e. The summed E-state index contributed by atoms with van der Waals surface area (Å²) in [7, 11) is 1.47. The molecule has 16 heavy (non-hydrogen) atoms. The number of aromatic nitrogens is 2. The zero-order valence-electron chi connectivity index (χ0n) is 8.40. The Morgan fingerprint density at radius 3 is 2.69 bits per heavy atom. The molecule has 0 fully saturated rings. The molecule has 0 aromatic carbocycles. The van der Waals surface area contributed by atoms with Crippen molar-refractivity contribution in [3.05, 3.63) is 29.2 Å². The quantitative estimate of drug-likeness (QED) is 0.572. The van der Waals surface area contributed by atoms with Crippen LogP contribution in [0.2, 0.25) is 5.15 Å². The van der Waals surface area contributed by atoms with Gasteiger partial charge in [0.1, 0.15) is 5.69 Å². The minimum absolute atomic E-state index is 0.193. The third-order valence-electron chi connectivity index (χ3n) is 1.68. The molecule has 0 unspecified atom stereocenters. The monoisotopic (exact) mass is 240 g/mol. The Labute approximate surface area is 96.7 Å². The van der Waals surface area contributed by atoms with Crippen LogP contribution in [0.3, 0.4) is 0 Å². The van der Waals surface area contributed by atoms with E-state index >= 15 is 0 Å². The van der Waals surface area contributed by atoms with Gasteiger partial charge in [-0.15, -0.1) is 10.2 Å². The lowest BCUT2D eigenvalue weighted by Crippen LogP contribution is -2.21. The Bertz CT molecular complexity index is 416. The molecule has 0 spiro atoms. The van der Waals surface area contributed by atoms with Gasteiger partial charge in [0.25, 0.3) is 5.91 Å². The van der Waals surface area contributed by atoms with Crippen LogP contribution >= 0.6 is 11.6 Å². The Hall–Kier alpha value is -1.95. The number of rotatable bonds is 4. The molecule has 2 amide bonds. The zero-order chi connectivity index (χ0) is 12.0.